The third-order valence-electron chi connectivity index (χ3n) is 3.62. The summed E-state index contributed by atoms with van der Waals surface area (Å²) in [6.07, 6.45) is -4.35. The van der Waals surface area contributed by atoms with Crippen molar-refractivity contribution in [3.8, 4) is 0 Å². The molecule has 9 heteroatoms. The molecule has 5 nitrogen and oxygen atoms in total. The van der Waals surface area contributed by atoms with Gasteiger partial charge in [0, 0.05) is 13.6 Å². The van der Waals surface area contributed by atoms with Gasteiger partial charge in [-0.1, -0.05) is 18.2 Å². The predicted octanol–water partition coefficient (Wildman–Crippen LogP) is 1.66. The Morgan fingerprint density at radius 1 is 1.27 bits per heavy atom. The largest absolute Gasteiger partial charge is 0.416 e. The van der Waals surface area contributed by atoms with Gasteiger partial charge >= 0.3 is 16.4 Å². The Bertz CT molecular complexity index is 688. The van der Waals surface area contributed by atoms with E-state index in [0.29, 0.717) is 9.87 Å². The molecule has 122 valence electrons. The number of halogens is 3. The smallest absolute Gasteiger partial charge is 0.272 e. The molecule has 2 rings (SSSR count). The second kappa shape index (κ2) is 5.54. The summed E-state index contributed by atoms with van der Waals surface area (Å²) in [7, 11) is -2.71. The molecule has 22 heavy (non-hydrogen) atoms. The molecule has 1 saturated heterocycles. The molecule has 0 aromatic heterocycles. The van der Waals surface area contributed by atoms with Gasteiger partial charge in [0.15, 0.2) is 0 Å². The van der Waals surface area contributed by atoms with Crippen molar-refractivity contribution in [1.29, 1.82) is 0 Å². The highest BCUT2D eigenvalue weighted by Gasteiger charge is 2.45. The fourth-order valence-corrected chi connectivity index (χ4v) is 3.81. The first-order valence-corrected chi connectivity index (χ1v) is 7.90. The summed E-state index contributed by atoms with van der Waals surface area (Å²) < 4.78 is 63.6. The van der Waals surface area contributed by atoms with Crippen LogP contribution in [0.15, 0.2) is 24.3 Å². The zero-order valence-corrected chi connectivity index (χ0v) is 12.8. The molecule has 1 heterocycles. The van der Waals surface area contributed by atoms with Crippen LogP contribution in [0.1, 0.15) is 18.1 Å². The van der Waals surface area contributed by atoms with Crippen LogP contribution in [0.5, 0.6) is 0 Å². The SMILES string of the molecule is CC1C(=O)N(C)S(=O)(=O)N1CCc1cccc(C(F)(F)F)c1. The maximum atomic E-state index is 12.6. The molecule has 1 atom stereocenters. The summed E-state index contributed by atoms with van der Waals surface area (Å²) in [5, 5.41) is 0. The van der Waals surface area contributed by atoms with E-state index in [1.165, 1.54) is 26.1 Å². The molecule has 1 unspecified atom stereocenters. The number of carbonyl (C=O) groups excluding carboxylic acids is 1. The highest BCUT2D eigenvalue weighted by molar-refractivity contribution is 7.87. The van der Waals surface area contributed by atoms with Crippen LogP contribution in [0.25, 0.3) is 0 Å². The Labute approximate surface area is 126 Å². The van der Waals surface area contributed by atoms with Crippen LogP contribution in [0.2, 0.25) is 0 Å². The Morgan fingerprint density at radius 2 is 1.91 bits per heavy atom. The minimum Gasteiger partial charge on any atom is -0.272 e. The summed E-state index contributed by atoms with van der Waals surface area (Å²) in [5.41, 5.74) is -0.422. The first-order valence-electron chi connectivity index (χ1n) is 6.51. The van der Waals surface area contributed by atoms with Crippen LogP contribution in [-0.2, 0) is 27.6 Å². The molecule has 0 radical (unpaired) electrons. The molecule has 0 saturated carbocycles. The molecule has 1 amide bonds. The third-order valence-corrected chi connectivity index (χ3v) is 5.58. The zero-order valence-electron chi connectivity index (χ0n) is 12.0. The minimum atomic E-state index is -4.45. The zero-order chi connectivity index (χ0) is 16.7. The molecule has 0 bridgehead atoms. The average Bonchev–Trinajstić information content (AvgIpc) is 2.57. The summed E-state index contributed by atoms with van der Waals surface area (Å²) in [6, 6.07) is 3.86. The number of hydrogen-bond acceptors (Lipinski definition) is 3. The average molecular weight is 336 g/mol. The standard InChI is InChI=1S/C13H15F3N2O3S/c1-9-12(19)17(2)22(20,21)18(9)7-6-10-4-3-5-11(8-10)13(14,15)16/h3-5,8-9H,6-7H2,1-2H3. The van der Waals surface area contributed by atoms with Gasteiger partial charge in [0.1, 0.15) is 6.04 Å². The van der Waals surface area contributed by atoms with Crippen LogP contribution in [-0.4, -0.2) is 42.6 Å². The number of nitrogens with zero attached hydrogens (tertiary/aromatic N) is 2. The number of likely N-dealkylation sites (N-methyl/N-ethyl adjacent to an activating group) is 1. The van der Waals surface area contributed by atoms with Crippen molar-refractivity contribution >= 4 is 16.1 Å². The molecule has 0 spiro atoms. The van der Waals surface area contributed by atoms with E-state index >= 15 is 0 Å². The van der Waals surface area contributed by atoms with E-state index in [-0.39, 0.29) is 13.0 Å². The van der Waals surface area contributed by atoms with Crippen molar-refractivity contribution in [2.24, 2.45) is 0 Å². The number of alkyl halides is 3. The van der Waals surface area contributed by atoms with Gasteiger partial charge in [-0.05, 0) is 25.0 Å². The second-order valence-electron chi connectivity index (χ2n) is 5.05. The summed E-state index contributed by atoms with van der Waals surface area (Å²) in [6.45, 7) is 1.40. The molecule has 1 aliphatic rings. The normalized spacial score (nSPS) is 22.3. The summed E-state index contributed by atoms with van der Waals surface area (Å²) >= 11 is 0. The highest BCUT2D eigenvalue weighted by atomic mass is 32.2. The lowest BCUT2D eigenvalue weighted by Gasteiger charge is -2.18. The van der Waals surface area contributed by atoms with Gasteiger partial charge in [-0.25, -0.2) is 4.31 Å². The molecule has 1 fully saturated rings. The number of rotatable bonds is 3. The number of hydrogen-bond donors (Lipinski definition) is 0. The lowest BCUT2D eigenvalue weighted by atomic mass is 10.1. The third kappa shape index (κ3) is 2.95. The Balaban J connectivity index is 2.16. The molecule has 1 aromatic rings. The number of benzene rings is 1. The molecule has 0 aliphatic carbocycles. The number of carbonyl (C=O) groups is 1. The topological polar surface area (TPSA) is 57.7 Å². The van der Waals surface area contributed by atoms with Gasteiger partial charge in [-0.15, -0.1) is 0 Å². The van der Waals surface area contributed by atoms with Crippen LogP contribution in [0.3, 0.4) is 0 Å². The monoisotopic (exact) mass is 336 g/mol. The van der Waals surface area contributed by atoms with Crippen LogP contribution in [0.4, 0.5) is 13.2 Å². The summed E-state index contributed by atoms with van der Waals surface area (Å²) in [5.74, 6) is -0.552. The Kier molecular flexibility index (Phi) is 4.22. The highest BCUT2D eigenvalue weighted by Crippen LogP contribution is 2.30. The fourth-order valence-electron chi connectivity index (χ4n) is 2.31. The fraction of sp³-hybridized carbons (Fsp3) is 0.462. The van der Waals surface area contributed by atoms with E-state index in [9.17, 15) is 26.4 Å². The maximum Gasteiger partial charge on any atom is 0.416 e. The molecular weight excluding hydrogens is 321 g/mol. The van der Waals surface area contributed by atoms with E-state index < -0.39 is 33.9 Å². The van der Waals surface area contributed by atoms with Crippen molar-refractivity contribution in [3.63, 3.8) is 0 Å². The first kappa shape index (κ1) is 16.8. The van der Waals surface area contributed by atoms with Crippen molar-refractivity contribution < 1.29 is 26.4 Å². The van der Waals surface area contributed by atoms with Gasteiger partial charge in [-0.3, -0.25) is 4.79 Å². The van der Waals surface area contributed by atoms with E-state index in [0.717, 1.165) is 16.4 Å². The van der Waals surface area contributed by atoms with Crippen LogP contribution < -0.4 is 0 Å². The van der Waals surface area contributed by atoms with Crippen LogP contribution >= 0.6 is 0 Å². The van der Waals surface area contributed by atoms with E-state index in [4.69, 9.17) is 0 Å². The quantitative estimate of drug-likeness (QED) is 0.843. The van der Waals surface area contributed by atoms with Gasteiger partial charge in [-0.2, -0.15) is 25.9 Å². The number of amides is 1. The molecule has 0 N–H and O–H groups in total. The lowest BCUT2D eigenvalue weighted by Crippen LogP contribution is -2.35. The van der Waals surface area contributed by atoms with Gasteiger partial charge in [0.25, 0.3) is 5.91 Å². The van der Waals surface area contributed by atoms with Crippen LogP contribution in [0, 0.1) is 0 Å². The molecular formula is C13H15F3N2O3S. The van der Waals surface area contributed by atoms with E-state index in [2.05, 4.69) is 0 Å². The van der Waals surface area contributed by atoms with E-state index in [1.54, 1.807) is 0 Å². The maximum absolute atomic E-state index is 12.6. The van der Waals surface area contributed by atoms with Crippen molar-refractivity contribution in [1.82, 2.24) is 8.61 Å². The molecule has 1 aromatic carbocycles. The minimum absolute atomic E-state index is 0.0547. The van der Waals surface area contributed by atoms with Gasteiger partial charge < -0.3 is 0 Å². The van der Waals surface area contributed by atoms with Crippen molar-refractivity contribution in [2.75, 3.05) is 13.6 Å². The Morgan fingerprint density at radius 3 is 2.41 bits per heavy atom. The second-order valence-corrected chi connectivity index (χ2v) is 6.96. The summed E-state index contributed by atoms with van der Waals surface area (Å²) in [4.78, 5) is 11.7. The van der Waals surface area contributed by atoms with Crippen molar-refractivity contribution in [2.45, 2.75) is 25.6 Å². The predicted molar refractivity (Wildman–Crippen MR) is 73.0 cm³/mol. The van der Waals surface area contributed by atoms with Gasteiger partial charge in [0.05, 0.1) is 5.56 Å². The lowest BCUT2D eigenvalue weighted by molar-refractivity contribution is -0.137. The Hall–Kier alpha value is -1.61. The molecule has 1 aliphatic heterocycles. The van der Waals surface area contributed by atoms with Crippen molar-refractivity contribution in [3.05, 3.63) is 35.4 Å². The van der Waals surface area contributed by atoms with Gasteiger partial charge in [0.2, 0.25) is 0 Å². The van der Waals surface area contributed by atoms with E-state index in [1.807, 2.05) is 0 Å². The first-order chi connectivity index (χ1) is 10.0.